The standard InChI is InChI=1S/C21H22ClN5O7/c1-10-12(8-33-21(18(29)30,19(31)32)7-11-5-3-2-4-6-11)34-17(14(10)28)27-9-24-13-15(23)25-20(22)26-16(13)27/h2-6,9-10,12,14,17,28H,7-8H2,1H3,(H,29,30)(H,31,32)(H2,23,25,26)/t10-,12+,14+,17+/m0/s1. The molecular formula is C21H22ClN5O7. The van der Waals surface area contributed by atoms with E-state index in [4.69, 9.17) is 26.8 Å². The lowest BCUT2D eigenvalue weighted by molar-refractivity contribution is -0.189. The van der Waals surface area contributed by atoms with Crippen LogP contribution in [0, 0.1) is 5.92 Å². The Hall–Kier alpha value is -3.32. The van der Waals surface area contributed by atoms with Crippen LogP contribution in [0.15, 0.2) is 36.7 Å². The highest BCUT2D eigenvalue weighted by Crippen LogP contribution is 2.36. The van der Waals surface area contributed by atoms with E-state index in [-0.39, 0.29) is 22.3 Å². The first-order valence-corrected chi connectivity index (χ1v) is 10.7. The lowest BCUT2D eigenvalue weighted by Gasteiger charge is -2.27. The maximum Gasteiger partial charge on any atom is 0.348 e. The summed E-state index contributed by atoms with van der Waals surface area (Å²) >= 11 is 5.90. The molecule has 0 unspecified atom stereocenters. The van der Waals surface area contributed by atoms with Gasteiger partial charge in [-0.15, -0.1) is 0 Å². The van der Waals surface area contributed by atoms with Gasteiger partial charge in [-0.2, -0.15) is 9.97 Å². The summed E-state index contributed by atoms with van der Waals surface area (Å²) in [5.41, 5.74) is 4.28. The van der Waals surface area contributed by atoms with Crippen LogP contribution in [-0.4, -0.2) is 71.2 Å². The van der Waals surface area contributed by atoms with Crippen LogP contribution in [0.2, 0.25) is 5.28 Å². The molecule has 0 radical (unpaired) electrons. The van der Waals surface area contributed by atoms with Crippen molar-refractivity contribution in [1.82, 2.24) is 19.5 Å². The number of nitrogen functional groups attached to an aromatic ring is 1. The van der Waals surface area contributed by atoms with E-state index in [1.165, 1.54) is 10.9 Å². The summed E-state index contributed by atoms with van der Waals surface area (Å²) in [6.45, 7) is 1.28. The van der Waals surface area contributed by atoms with Gasteiger partial charge in [-0.3, -0.25) is 4.57 Å². The summed E-state index contributed by atoms with van der Waals surface area (Å²) in [6.07, 6.45) is -1.91. The van der Waals surface area contributed by atoms with E-state index < -0.39 is 54.9 Å². The fourth-order valence-corrected chi connectivity index (χ4v) is 4.08. The third-order valence-electron chi connectivity index (χ3n) is 5.91. The highest BCUT2D eigenvalue weighted by molar-refractivity contribution is 6.28. The van der Waals surface area contributed by atoms with Crippen LogP contribution < -0.4 is 5.73 Å². The lowest BCUT2D eigenvalue weighted by Crippen LogP contribution is -2.52. The number of halogens is 1. The number of nitrogens with two attached hydrogens (primary N) is 1. The molecule has 1 fully saturated rings. The van der Waals surface area contributed by atoms with Crippen LogP contribution in [0.4, 0.5) is 5.82 Å². The molecule has 1 saturated heterocycles. The summed E-state index contributed by atoms with van der Waals surface area (Å²) < 4.78 is 12.9. The number of anilines is 1. The minimum atomic E-state index is -2.54. The van der Waals surface area contributed by atoms with Gasteiger partial charge in [0.25, 0.3) is 5.60 Å². The Kier molecular flexibility index (Phi) is 6.41. The van der Waals surface area contributed by atoms with Crippen molar-refractivity contribution in [3.05, 3.63) is 47.5 Å². The van der Waals surface area contributed by atoms with Gasteiger partial charge in [0.1, 0.15) is 11.6 Å². The van der Waals surface area contributed by atoms with E-state index in [0.29, 0.717) is 5.56 Å². The van der Waals surface area contributed by atoms with Crippen molar-refractivity contribution < 1.29 is 34.4 Å². The third kappa shape index (κ3) is 4.16. The van der Waals surface area contributed by atoms with Gasteiger partial charge < -0.3 is 30.5 Å². The van der Waals surface area contributed by atoms with Crippen LogP contribution >= 0.6 is 11.6 Å². The van der Waals surface area contributed by atoms with Gasteiger partial charge in [-0.1, -0.05) is 37.3 Å². The maximum absolute atomic E-state index is 12.0. The first-order valence-electron chi connectivity index (χ1n) is 10.3. The molecular weight excluding hydrogens is 470 g/mol. The zero-order valence-electron chi connectivity index (χ0n) is 17.9. The maximum atomic E-state index is 12.0. The van der Waals surface area contributed by atoms with Crippen molar-refractivity contribution in [2.45, 2.75) is 37.4 Å². The van der Waals surface area contributed by atoms with Crippen molar-refractivity contribution >= 4 is 40.5 Å². The number of carboxylic acid groups (broad SMARTS) is 2. The molecule has 3 heterocycles. The number of benzene rings is 1. The summed E-state index contributed by atoms with van der Waals surface area (Å²) in [6, 6.07) is 8.30. The molecule has 0 saturated carbocycles. The number of rotatable bonds is 8. The molecule has 0 spiro atoms. The molecule has 3 aromatic rings. The predicted molar refractivity (Wildman–Crippen MR) is 118 cm³/mol. The SMILES string of the molecule is C[C@@H]1[C@@H](O)[C@H](n2cnc3c(N)nc(Cl)nc32)O[C@@H]1COC(Cc1ccccc1)(C(=O)O)C(=O)O. The summed E-state index contributed by atoms with van der Waals surface area (Å²) in [5, 5.41) is 30.2. The summed E-state index contributed by atoms with van der Waals surface area (Å²) in [4.78, 5) is 36.1. The van der Waals surface area contributed by atoms with Crippen molar-refractivity contribution in [2.24, 2.45) is 5.92 Å². The topological polar surface area (TPSA) is 183 Å². The van der Waals surface area contributed by atoms with E-state index in [2.05, 4.69) is 15.0 Å². The van der Waals surface area contributed by atoms with Crippen LogP contribution in [-0.2, 0) is 25.5 Å². The van der Waals surface area contributed by atoms with E-state index in [1.54, 1.807) is 37.3 Å². The number of nitrogens with zero attached hydrogens (tertiary/aromatic N) is 4. The second kappa shape index (κ2) is 9.14. The summed E-state index contributed by atoms with van der Waals surface area (Å²) in [5.74, 6) is -3.78. The number of aliphatic carboxylic acids is 2. The zero-order chi connectivity index (χ0) is 24.6. The largest absolute Gasteiger partial charge is 0.479 e. The van der Waals surface area contributed by atoms with E-state index in [0.717, 1.165) is 0 Å². The Labute approximate surface area is 197 Å². The molecule has 180 valence electrons. The zero-order valence-corrected chi connectivity index (χ0v) is 18.7. The monoisotopic (exact) mass is 491 g/mol. The molecule has 13 heteroatoms. The van der Waals surface area contributed by atoms with Crippen LogP contribution in [0.3, 0.4) is 0 Å². The number of fused-ring (bicyclic) bond motifs is 1. The van der Waals surface area contributed by atoms with Crippen LogP contribution in [0.25, 0.3) is 11.2 Å². The number of carbonyl (C=O) groups is 2. The first kappa shape index (κ1) is 23.8. The highest BCUT2D eigenvalue weighted by atomic mass is 35.5. The van der Waals surface area contributed by atoms with Gasteiger partial charge in [-0.05, 0) is 17.2 Å². The Morgan fingerprint density at radius 3 is 2.56 bits per heavy atom. The molecule has 1 aliphatic rings. The van der Waals surface area contributed by atoms with Crippen molar-refractivity contribution in [1.29, 1.82) is 0 Å². The molecule has 12 nitrogen and oxygen atoms in total. The minimum Gasteiger partial charge on any atom is -0.479 e. The van der Waals surface area contributed by atoms with Crippen molar-refractivity contribution in [2.75, 3.05) is 12.3 Å². The molecule has 0 bridgehead atoms. The molecule has 5 N–H and O–H groups in total. The number of aromatic nitrogens is 4. The van der Waals surface area contributed by atoms with Crippen molar-refractivity contribution in [3.8, 4) is 0 Å². The molecule has 4 atom stereocenters. The second-order valence-electron chi connectivity index (χ2n) is 8.03. The number of imidazole rings is 1. The molecule has 1 aliphatic heterocycles. The molecule has 4 rings (SSSR count). The van der Waals surface area contributed by atoms with Crippen molar-refractivity contribution in [3.63, 3.8) is 0 Å². The van der Waals surface area contributed by atoms with Gasteiger partial charge in [0.15, 0.2) is 17.7 Å². The number of hydrogen-bond donors (Lipinski definition) is 4. The quantitative estimate of drug-likeness (QED) is 0.261. The molecule has 2 aromatic heterocycles. The normalized spacial score (nSPS) is 22.8. The average molecular weight is 492 g/mol. The Morgan fingerprint density at radius 2 is 1.91 bits per heavy atom. The number of hydrogen-bond acceptors (Lipinski definition) is 9. The Bertz CT molecular complexity index is 1210. The smallest absolute Gasteiger partial charge is 0.348 e. The highest BCUT2D eigenvalue weighted by Gasteiger charge is 2.51. The van der Waals surface area contributed by atoms with E-state index in [1.807, 2.05) is 0 Å². The number of aliphatic hydroxyl groups excluding tert-OH is 1. The Balaban J connectivity index is 1.57. The first-order chi connectivity index (χ1) is 16.1. The number of ether oxygens (including phenoxy) is 2. The fraction of sp³-hybridized carbons (Fsp3) is 0.381. The average Bonchev–Trinajstić information content (AvgIpc) is 3.33. The predicted octanol–water partition coefficient (Wildman–Crippen LogP) is 1.12. The van der Waals surface area contributed by atoms with E-state index in [9.17, 15) is 24.9 Å². The lowest BCUT2D eigenvalue weighted by atomic mass is 9.94. The van der Waals surface area contributed by atoms with Crippen LogP contribution in [0.1, 0.15) is 18.7 Å². The minimum absolute atomic E-state index is 0.0581. The molecule has 0 amide bonds. The van der Waals surface area contributed by atoms with Gasteiger partial charge in [0.2, 0.25) is 5.28 Å². The van der Waals surface area contributed by atoms with Gasteiger partial charge in [0, 0.05) is 12.3 Å². The third-order valence-corrected chi connectivity index (χ3v) is 6.08. The van der Waals surface area contributed by atoms with Gasteiger partial charge in [-0.25, -0.2) is 14.6 Å². The van der Waals surface area contributed by atoms with E-state index >= 15 is 0 Å². The molecule has 1 aromatic carbocycles. The number of aliphatic hydroxyl groups is 1. The summed E-state index contributed by atoms with van der Waals surface area (Å²) in [7, 11) is 0. The second-order valence-corrected chi connectivity index (χ2v) is 8.37. The van der Waals surface area contributed by atoms with Crippen LogP contribution in [0.5, 0.6) is 0 Å². The molecule has 0 aliphatic carbocycles. The molecule has 34 heavy (non-hydrogen) atoms. The van der Waals surface area contributed by atoms with Gasteiger partial charge >= 0.3 is 11.9 Å². The Morgan fingerprint density at radius 1 is 1.24 bits per heavy atom. The van der Waals surface area contributed by atoms with Gasteiger partial charge in [0.05, 0.1) is 19.0 Å². The fourth-order valence-electron chi connectivity index (χ4n) is 3.91. The number of carboxylic acids is 2.